The van der Waals surface area contributed by atoms with Crippen molar-refractivity contribution in [3.8, 4) is 11.1 Å². The largest absolute Gasteiger partial charge is 0.313 e. The molecule has 1 aromatic carbocycles. The number of nitrogens with zero attached hydrogens (tertiary/aromatic N) is 1. The van der Waals surface area contributed by atoms with Crippen LogP contribution in [0.3, 0.4) is 0 Å². The lowest BCUT2D eigenvalue weighted by atomic mass is 10.0. The van der Waals surface area contributed by atoms with Crippen molar-refractivity contribution < 1.29 is 0 Å². The number of pyridine rings is 1. The smallest absolute Gasteiger partial charge is 0.0346 e. The number of aromatic nitrogens is 1. The summed E-state index contributed by atoms with van der Waals surface area (Å²) in [6, 6.07) is 11.1. The van der Waals surface area contributed by atoms with Crippen LogP contribution >= 0.6 is 0 Å². The summed E-state index contributed by atoms with van der Waals surface area (Å²) in [5.41, 5.74) is 5.09. The van der Waals surface area contributed by atoms with Gasteiger partial charge in [0.2, 0.25) is 0 Å². The van der Waals surface area contributed by atoms with Crippen LogP contribution in [0, 0.1) is 0 Å². The zero-order chi connectivity index (χ0) is 14.2. The summed E-state index contributed by atoms with van der Waals surface area (Å²) < 4.78 is 0. The molecule has 0 saturated carbocycles. The van der Waals surface area contributed by atoms with E-state index < -0.39 is 0 Å². The van der Waals surface area contributed by atoms with Crippen molar-refractivity contribution >= 4 is 0 Å². The van der Waals surface area contributed by atoms with Gasteiger partial charge in [-0.3, -0.25) is 4.98 Å². The predicted molar refractivity (Wildman–Crippen MR) is 85.7 cm³/mol. The van der Waals surface area contributed by atoms with E-state index in [-0.39, 0.29) is 0 Å². The van der Waals surface area contributed by atoms with Gasteiger partial charge in [0.05, 0.1) is 0 Å². The molecule has 1 heterocycles. The molecule has 106 valence electrons. The molecule has 0 spiro atoms. The first-order valence-corrected chi connectivity index (χ1v) is 7.57. The van der Waals surface area contributed by atoms with E-state index in [1.54, 1.807) is 0 Å². The molecule has 2 nitrogen and oxygen atoms in total. The normalized spacial score (nSPS) is 10.7. The Morgan fingerprint density at radius 1 is 0.900 bits per heavy atom. The Labute approximate surface area is 122 Å². The van der Waals surface area contributed by atoms with Gasteiger partial charge in [-0.1, -0.05) is 44.5 Å². The first-order valence-electron chi connectivity index (χ1n) is 7.57. The van der Waals surface area contributed by atoms with Crippen molar-refractivity contribution in [1.82, 2.24) is 10.3 Å². The summed E-state index contributed by atoms with van der Waals surface area (Å²) in [6.07, 6.45) is 7.39. The predicted octanol–water partition coefficient (Wildman–Crippen LogP) is 4.20. The van der Waals surface area contributed by atoms with E-state index in [0.717, 1.165) is 25.9 Å². The average molecular weight is 268 g/mol. The second-order valence-electron chi connectivity index (χ2n) is 5.21. The van der Waals surface area contributed by atoms with Crippen molar-refractivity contribution in [2.24, 2.45) is 0 Å². The van der Waals surface area contributed by atoms with Gasteiger partial charge in [-0.25, -0.2) is 0 Å². The Morgan fingerprint density at radius 2 is 1.70 bits per heavy atom. The highest BCUT2D eigenvalue weighted by molar-refractivity contribution is 5.63. The SMILES string of the molecule is CCCNCc1cncc(-c2ccc(CCC)cc2)c1. The molecule has 2 aromatic rings. The van der Waals surface area contributed by atoms with Crippen molar-refractivity contribution in [1.29, 1.82) is 0 Å². The van der Waals surface area contributed by atoms with Gasteiger partial charge in [-0.2, -0.15) is 0 Å². The maximum Gasteiger partial charge on any atom is 0.0346 e. The fraction of sp³-hybridized carbons (Fsp3) is 0.389. The highest BCUT2D eigenvalue weighted by Crippen LogP contribution is 2.20. The lowest BCUT2D eigenvalue weighted by Crippen LogP contribution is -2.13. The second kappa shape index (κ2) is 7.81. The first-order chi connectivity index (χ1) is 9.83. The molecule has 0 saturated heterocycles. The molecule has 0 atom stereocenters. The number of aryl methyl sites for hydroxylation is 1. The lowest BCUT2D eigenvalue weighted by Gasteiger charge is -2.07. The fourth-order valence-electron chi connectivity index (χ4n) is 2.30. The van der Waals surface area contributed by atoms with E-state index in [1.165, 1.54) is 28.7 Å². The third-order valence-electron chi connectivity index (χ3n) is 3.38. The van der Waals surface area contributed by atoms with Gasteiger partial charge in [0, 0.05) is 24.5 Å². The third kappa shape index (κ3) is 4.17. The summed E-state index contributed by atoms with van der Waals surface area (Å²) in [6.45, 7) is 6.34. The van der Waals surface area contributed by atoms with E-state index in [4.69, 9.17) is 0 Å². The van der Waals surface area contributed by atoms with Crippen LogP contribution in [0.4, 0.5) is 0 Å². The van der Waals surface area contributed by atoms with Gasteiger partial charge in [-0.05, 0) is 42.1 Å². The van der Waals surface area contributed by atoms with Gasteiger partial charge in [0.15, 0.2) is 0 Å². The van der Waals surface area contributed by atoms with E-state index in [1.807, 2.05) is 12.4 Å². The monoisotopic (exact) mass is 268 g/mol. The van der Waals surface area contributed by atoms with Crippen LogP contribution in [-0.2, 0) is 13.0 Å². The minimum atomic E-state index is 0.891. The van der Waals surface area contributed by atoms with Crippen molar-refractivity contribution in [3.05, 3.63) is 53.9 Å². The molecule has 0 radical (unpaired) electrons. The minimum Gasteiger partial charge on any atom is -0.313 e. The molecule has 0 aliphatic rings. The van der Waals surface area contributed by atoms with E-state index in [2.05, 4.69) is 54.5 Å². The van der Waals surface area contributed by atoms with Crippen LogP contribution in [0.25, 0.3) is 11.1 Å². The van der Waals surface area contributed by atoms with E-state index in [0.29, 0.717) is 0 Å². The molecule has 0 bridgehead atoms. The Kier molecular flexibility index (Phi) is 5.75. The quantitative estimate of drug-likeness (QED) is 0.761. The molecule has 20 heavy (non-hydrogen) atoms. The van der Waals surface area contributed by atoms with Gasteiger partial charge in [-0.15, -0.1) is 0 Å². The van der Waals surface area contributed by atoms with Crippen molar-refractivity contribution in [2.45, 2.75) is 39.7 Å². The highest BCUT2D eigenvalue weighted by Gasteiger charge is 2.01. The van der Waals surface area contributed by atoms with E-state index in [9.17, 15) is 0 Å². The summed E-state index contributed by atoms with van der Waals surface area (Å²) >= 11 is 0. The topological polar surface area (TPSA) is 24.9 Å². The molecule has 2 rings (SSSR count). The zero-order valence-corrected chi connectivity index (χ0v) is 12.5. The standard InChI is InChI=1S/C18H24N2/c1-3-5-15-6-8-17(9-7-15)18-11-16(13-20-14-18)12-19-10-4-2/h6-9,11,13-14,19H,3-5,10,12H2,1-2H3. The highest BCUT2D eigenvalue weighted by atomic mass is 14.8. The molecule has 0 aliphatic carbocycles. The number of hydrogen-bond acceptors (Lipinski definition) is 2. The Hall–Kier alpha value is -1.67. The third-order valence-corrected chi connectivity index (χ3v) is 3.38. The van der Waals surface area contributed by atoms with Crippen molar-refractivity contribution in [2.75, 3.05) is 6.54 Å². The molecule has 0 amide bonds. The van der Waals surface area contributed by atoms with Gasteiger partial charge >= 0.3 is 0 Å². The lowest BCUT2D eigenvalue weighted by molar-refractivity contribution is 0.674. The van der Waals surface area contributed by atoms with Gasteiger partial charge in [0.1, 0.15) is 0 Å². The molecule has 2 heteroatoms. The average Bonchev–Trinajstić information content (AvgIpc) is 2.49. The van der Waals surface area contributed by atoms with Crippen LogP contribution < -0.4 is 5.32 Å². The Balaban J connectivity index is 2.09. The molecule has 0 unspecified atom stereocenters. The Morgan fingerprint density at radius 3 is 2.40 bits per heavy atom. The van der Waals surface area contributed by atoms with Crippen LogP contribution in [0.15, 0.2) is 42.7 Å². The first kappa shape index (κ1) is 14.7. The van der Waals surface area contributed by atoms with Crippen molar-refractivity contribution in [3.63, 3.8) is 0 Å². The maximum atomic E-state index is 4.36. The number of nitrogens with one attached hydrogen (secondary N) is 1. The second-order valence-corrected chi connectivity index (χ2v) is 5.21. The molecule has 1 aromatic heterocycles. The van der Waals surface area contributed by atoms with Crippen LogP contribution in [0.5, 0.6) is 0 Å². The summed E-state index contributed by atoms with van der Waals surface area (Å²) in [5, 5.41) is 3.42. The van der Waals surface area contributed by atoms with Crippen LogP contribution in [-0.4, -0.2) is 11.5 Å². The summed E-state index contributed by atoms with van der Waals surface area (Å²) in [7, 11) is 0. The Bertz CT molecular complexity index is 517. The number of benzene rings is 1. The summed E-state index contributed by atoms with van der Waals surface area (Å²) in [5.74, 6) is 0. The summed E-state index contributed by atoms with van der Waals surface area (Å²) in [4.78, 5) is 4.36. The molecule has 1 N–H and O–H groups in total. The molecule has 0 fully saturated rings. The van der Waals surface area contributed by atoms with E-state index >= 15 is 0 Å². The maximum absolute atomic E-state index is 4.36. The zero-order valence-electron chi connectivity index (χ0n) is 12.5. The van der Waals surface area contributed by atoms with Gasteiger partial charge in [0.25, 0.3) is 0 Å². The van der Waals surface area contributed by atoms with Crippen LogP contribution in [0.2, 0.25) is 0 Å². The molecular weight excluding hydrogens is 244 g/mol. The number of rotatable bonds is 7. The minimum absolute atomic E-state index is 0.891. The molecular formula is C18H24N2. The molecule has 0 aliphatic heterocycles. The van der Waals surface area contributed by atoms with Crippen LogP contribution in [0.1, 0.15) is 37.8 Å². The fourth-order valence-corrected chi connectivity index (χ4v) is 2.30. The number of hydrogen-bond donors (Lipinski definition) is 1. The van der Waals surface area contributed by atoms with Gasteiger partial charge < -0.3 is 5.32 Å².